The second-order valence-corrected chi connectivity index (χ2v) is 5.33. The van der Waals surface area contributed by atoms with Crippen LogP contribution in [0.2, 0.25) is 0 Å². The fraction of sp³-hybridized carbons (Fsp3) is 0.188. The number of methoxy groups -OCH3 is 1. The molecule has 0 radical (unpaired) electrons. The molecule has 0 saturated heterocycles. The van der Waals surface area contributed by atoms with Gasteiger partial charge in [-0.25, -0.2) is 0 Å². The molecule has 2 aromatic carbocycles. The Hall–Kier alpha value is -1.61. The van der Waals surface area contributed by atoms with Crippen LogP contribution in [0.1, 0.15) is 27.0 Å². The molecule has 0 aliphatic carbocycles. The Kier molecular flexibility index (Phi) is 4.05. The Balaban J connectivity index is 2.38. The predicted molar refractivity (Wildman–Crippen MR) is 80.0 cm³/mol. The standard InChI is InChI=1S/C16H15BrO2/c1-10-4-5-12(8-11(10)2)16(18)13-6-7-15(19-3)14(17)9-13/h4-9H,1-3H3. The molecule has 0 atom stereocenters. The van der Waals surface area contributed by atoms with Crippen LogP contribution in [-0.4, -0.2) is 12.9 Å². The maximum atomic E-state index is 12.4. The van der Waals surface area contributed by atoms with Gasteiger partial charge >= 0.3 is 0 Å². The number of benzene rings is 2. The van der Waals surface area contributed by atoms with Crippen LogP contribution in [0.3, 0.4) is 0 Å². The molecule has 0 spiro atoms. The molecule has 2 aromatic rings. The Bertz CT molecular complexity index is 633. The van der Waals surface area contributed by atoms with Crippen LogP contribution >= 0.6 is 15.9 Å². The normalized spacial score (nSPS) is 10.3. The van der Waals surface area contributed by atoms with E-state index in [2.05, 4.69) is 15.9 Å². The lowest BCUT2D eigenvalue weighted by Gasteiger charge is -2.07. The molecule has 0 aliphatic heterocycles. The van der Waals surface area contributed by atoms with E-state index < -0.39 is 0 Å². The molecule has 98 valence electrons. The number of carbonyl (C=O) groups excluding carboxylic acids is 1. The van der Waals surface area contributed by atoms with Crippen molar-refractivity contribution in [2.75, 3.05) is 7.11 Å². The smallest absolute Gasteiger partial charge is 0.193 e. The van der Waals surface area contributed by atoms with Crippen molar-refractivity contribution in [1.82, 2.24) is 0 Å². The summed E-state index contributed by atoms with van der Waals surface area (Å²) in [4.78, 5) is 12.4. The van der Waals surface area contributed by atoms with E-state index in [4.69, 9.17) is 4.74 Å². The zero-order valence-corrected chi connectivity index (χ0v) is 12.7. The fourth-order valence-electron chi connectivity index (χ4n) is 1.86. The van der Waals surface area contributed by atoms with Gasteiger partial charge in [0, 0.05) is 11.1 Å². The summed E-state index contributed by atoms with van der Waals surface area (Å²) in [6.45, 7) is 4.05. The van der Waals surface area contributed by atoms with Crippen LogP contribution in [-0.2, 0) is 0 Å². The molecule has 0 fully saturated rings. The second kappa shape index (κ2) is 5.57. The molecule has 0 aliphatic rings. The summed E-state index contributed by atoms with van der Waals surface area (Å²) in [7, 11) is 1.60. The molecule has 2 nitrogen and oxygen atoms in total. The number of hydrogen-bond donors (Lipinski definition) is 0. The third-order valence-electron chi connectivity index (χ3n) is 3.18. The Labute approximate surface area is 121 Å². The zero-order valence-electron chi connectivity index (χ0n) is 11.2. The van der Waals surface area contributed by atoms with Crippen molar-refractivity contribution in [2.45, 2.75) is 13.8 Å². The maximum absolute atomic E-state index is 12.4. The van der Waals surface area contributed by atoms with E-state index in [1.54, 1.807) is 25.3 Å². The van der Waals surface area contributed by atoms with Crippen LogP contribution in [0.4, 0.5) is 0 Å². The number of ketones is 1. The van der Waals surface area contributed by atoms with Crippen molar-refractivity contribution >= 4 is 21.7 Å². The highest BCUT2D eigenvalue weighted by atomic mass is 79.9. The van der Waals surface area contributed by atoms with Gasteiger partial charge in [-0.2, -0.15) is 0 Å². The Morgan fingerprint density at radius 3 is 2.21 bits per heavy atom. The topological polar surface area (TPSA) is 26.3 Å². The highest BCUT2D eigenvalue weighted by Crippen LogP contribution is 2.26. The lowest BCUT2D eigenvalue weighted by atomic mass is 9.99. The average molecular weight is 319 g/mol. The summed E-state index contributed by atoms with van der Waals surface area (Å²) in [5.74, 6) is 0.739. The number of rotatable bonds is 3. The maximum Gasteiger partial charge on any atom is 0.193 e. The lowest BCUT2D eigenvalue weighted by Crippen LogP contribution is -2.02. The van der Waals surface area contributed by atoms with Crippen LogP contribution in [0, 0.1) is 13.8 Å². The molecule has 0 unspecified atom stereocenters. The largest absolute Gasteiger partial charge is 0.496 e. The van der Waals surface area contributed by atoms with Gasteiger partial charge in [0.2, 0.25) is 0 Å². The highest BCUT2D eigenvalue weighted by Gasteiger charge is 2.11. The molecular formula is C16H15BrO2. The van der Waals surface area contributed by atoms with Gasteiger partial charge in [0.15, 0.2) is 5.78 Å². The number of aryl methyl sites for hydroxylation is 2. The summed E-state index contributed by atoms with van der Waals surface area (Å²) >= 11 is 3.40. The predicted octanol–water partition coefficient (Wildman–Crippen LogP) is 4.31. The number of ether oxygens (including phenoxy) is 1. The van der Waals surface area contributed by atoms with Crippen LogP contribution in [0.15, 0.2) is 40.9 Å². The molecular weight excluding hydrogens is 304 g/mol. The van der Waals surface area contributed by atoms with Crippen molar-refractivity contribution in [3.05, 3.63) is 63.1 Å². The first-order chi connectivity index (χ1) is 9.02. The van der Waals surface area contributed by atoms with Gasteiger partial charge in [-0.1, -0.05) is 12.1 Å². The average Bonchev–Trinajstić information content (AvgIpc) is 2.41. The molecule has 0 amide bonds. The number of hydrogen-bond acceptors (Lipinski definition) is 2. The summed E-state index contributed by atoms with van der Waals surface area (Å²) in [6, 6.07) is 11.1. The number of halogens is 1. The molecule has 3 heteroatoms. The van der Waals surface area contributed by atoms with Crippen molar-refractivity contribution < 1.29 is 9.53 Å². The van der Waals surface area contributed by atoms with E-state index in [9.17, 15) is 4.79 Å². The minimum Gasteiger partial charge on any atom is -0.496 e. The van der Waals surface area contributed by atoms with Gasteiger partial charge in [0.25, 0.3) is 0 Å². The summed E-state index contributed by atoms with van der Waals surface area (Å²) in [5, 5.41) is 0. The van der Waals surface area contributed by atoms with E-state index >= 15 is 0 Å². The molecule has 2 rings (SSSR count). The highest BCUT2D eigenvalue weighted by molar-refractivity contribution is 9.10. The van der Waals surface area contributed by atoms with E-state index in [0.29, 0.717) is 11.1 Å². The van der Waals surface area contributed by atoms with Crippen molar-refractivity contribution in [1.29, 1.82) is 0 Å². The van der Waals surface area contributed by atoms with Gasteiger partial charge in [0.1, 0.15) is 5.75 Å². The van der Waals surface area contributed by atoms with Gasteiger partial charge in [-0.15, -0.1) is 0 Å². The van der Waals surface area contributed by atoms with Gasteiger partial charge in [-0.3, -0.25) is 4.79 Å². The third-order valence-corrected chi connectivity index (χ3v) is 3.80. The molecule has 0 heterocycles. The minimum atomic E-state index is 0.0199. The van der Waals surface area contributed by atoms with E-state index in [1.165, 1.54) is 5.56 Å². The summed E-state index contributed by atoms with van der Waals surface area (Å²) in [6.07, 6.45) is 0. The van der Waals surface area contributed by atoms with E-state index in [0.717, 1.165) is 15.8 Å². The van der Waals surface area contributed by atoms with Crippen molar-refractivity contribution in [2.24, 2.45) is 0 Å². The van der Waals surface area contributed by atoms with Crippen LogP contribution < -0.4 is 4.74 Å². The van der Waals surface area contributed by atoms with E-state index in [-0.39, 0.29) is 5.78 Å². The SMILES string of the molecule is COc1ccc(C(=O)c2ccc(C)c(C)c2)cc1Br. The van der Waals surface area contributed by atoms with Crippen LogP contribution in [0.25, 0.3) is 0 Å². The molecule has 0 bridgehead atoms. The summed E-state index contributed by atoms with van der Waals surface area (Å²) < 4.78 is 5.94. The molecule has 0 N–H and O–H groups in total. The van der Waals surface area contributed by atoms with Crippen molar-refractivity contribution in [3.63, 3.8) is 0 Å². The van der Waals surface area contributed by atoms with E-state index in [1.807, 2.05) is 32.0 Å². The van der Waals surface area contributed by atoms with Gasteiger partial charge in [0.05, 0.1) is 11.6 Å². The summed E-state index contributed by atoms with van der Waals surface area (Å²) in [5.41, 5.74) is 3.67. The second-order valence-electron chi connectivity index (χ2n) is 4.48. The first kappa shape index (κ1) is 13.8. The monoisotopic (exact) mass is 318 g/mol. The fourth-order valence-corrected chi connectivity index (χ4v) is 2.40. The minimum absolute atomic E-state index is 0.0199. The first-order valence-electron chi connectivity index (χ1n) is 5.98. The zero-order chi connectivity index (χ0) is 14.0. The molecule has 0 aromatic heterocycles. The molecule has 0 saturated carbocycles. The Morgan fingerprint density at radius 1 is 1.00 bits per heavy atom. The quantitative estimate of drug-likeness (QED) is 0.788. The van der Waals surface area contributed by atoms with Crippen LogP contribution in [0.5, 0.6) is 5.75 Å². The Morgan fingerprint density at radius 2 is 1.63 bits per heavy atom. The third kappa shape index (κ3) is 2.87. The lowest BCUT2D eigenvalue weighted by molar-refractivity contribution is 0.103. The number of carbonyl (C=O) groups is 1. The van der Waals surface area contributed by atoms with Crippen molar-refractivity contribution in [3.8, 4) is 5.75 Å². The first-order valence-corrected chi connectivity index (χ1v) is 6.77. The van der Waals surface area contributed by atoms with Gasteiger partial charge < -0.3 is 4.74 Å². The van der Waals surface area contributed by atoms with Gasteiger partial charge in [-0.05, 0) is 65.2 Å². The molecule has 19 heavy (non-hydrogen) atoms.